The van der Waals surface area contributed by atoms with E-state index in [0.717, 1.165) is 0 Å². The first-order valence-corrected chi connectivity index (χ1v) is 7.58. The maximum atomic E-state index is 11.5. The molecule has 0 atom stereocenters. The summed E-state index contributed by atoms with van der Waals surface area (Å²) in [5, 5.41) is 7.78. The van der Waals surface area contributed by atoms with Crippen molar-refractivity contribution in [3.05, 3.63) is 23.8 Å². The SMILES string of the molecule is CCc1ccc(NC(=O)CCCN)cc1S(N)(=O)=O.Cl. The van der Waals surface area contributed by atoms with Gasteiger partial charge in [-0.25, -0.2) is 13.6 Å². The Morgan fingerprint density at radius 2 is 2.00 bits per heavy atom. The van der Waals surface area contributed by atoms with Crippen molar-refractivity contribution in [2.24, 2.45) is 10.9 Å². The van der Waals surface area contributed by atoms with E-state index < -0.39 is 10.0 Å². The van der Waals surface area contributed by atoms with Crippen LogP contribution in [0.25, 0.3) is 0 Å². The molecule has 114 valence electrons. The minimum absolute atomic E-state index is 0. The molecule has 0 aliphatic rings. The molecular weight excluding hydrogens is 302 g/mol. The topological polar surface area (TPSA) is 115 Å². The molecule has 1 rings (SSSR count). The Balaban J connectivity index is 0.00000361. The van der Waals surface area contributed by atoms with Crippen LogP contribution < -0.4 is 16.2 Å². The highest BCUT2D eigenvalue weighted by Gasteiger charge is 2.14. The third kappa shape index (κ3) is 5.46. The van der Waals surface area contributed by atoms with Crippen molar-refractivity contribution in [3.63, 3.8) is 0 Å². The van der Waals surface area contributed by atoms with Gasteiger partial charge in [-0.1, -0.05) is 13.0 Å². The molecule has 0 bridgehead atoms. The summed E-state index contributed by atoms with van der Waals surface area (Å²) < 4.78 is 22.9. The van der Waals surface area contributed by atoms with Gasteiger partial charge in [0.2, 0.25) is 15.9 Å². The van der Waals surface area contributed by atoms with Crippen molar-refractivity contribution < 1.29 is 13.2 Å². The molecule has 0 fully saturated rings. The van der Waals surface area contributed by atoms with Gasteiger partial charge in [0, 0.05) is 12.1 Å². The summed E-state index contributed by atoms with van der Waals surface area (Å²) in [7, 11) is -3.79. The van der Waals surface area contributed by atoms with E-state index in [1.54, 1.807) is 12.1 Å². The Bertz CT molecular complexity index is 561. The monoisotopic (exact) mass is 321 g/mol. The van der Waals surface area contributed by atoms with Crippen LogP contribution in [0.1, 0.15) is 25.3 Å². The van der Waals surface area contributed by atoms with E-state index in [1.807, 2.05) is 6.92 Å². The largest absolute Gasteiger partial charge is 0.330 e. The van der Waals surface area contributed by atoms with E-state index in [9.17, 15) is 13.2 Å². The lowest BCUT2D eigenvalue weighted by Crippen LogP contribution is -2.17. The van der Waals surface area contributed by atoms with Crippen molar-refractivity contribution in [1.82, 2.24) is 0 Å². The van der Waals surface area contributed by atoms with Crippen LogP contribution in [0.15, 0.2) is 23.1 Å². The number of hydrogen-bond donors (Lipinski definition) is 3. The van der Waals surface area contributed by atoms with E-state index >= 15 is 0 Å². The maximum absolute atomic E-state index is 11.5. The average molecular weight is 322 g/mol. The quantitative estimate of drug-likeness (QED) is 0.724. The van der Waals surface area contributed by atoms with Crippen molar-refractivity contribution in [3.8, 4) is 0 Å². The van der Waals surface area contributed by atoms with E-state index in [2.05, 4.69) is 5.32 Å². The molecule has 5 N–H and O–H groups in total. The maximum Gasteiger partial charge on any atom is 0.238 e. The number of rotatable bonds is 6. The van der Waals surface area contributed by atoms with Gasteiger partial charge in [-0.2, -0.15) is 0 Å². The number of hydrogen-bond acceptors (Lipinski definition) is 4. The highest BCUT2D eigenvalue weighted by Crippen LogP contribution is 2.20. The Morgan fingerprint density at radius 1 is 1.35 bits per heavy atom. The number of carbonyl (C=O) groups excluding carboxylic acids is 1. The number of benzene rings is 1. The van der Waals surface area contributed by atoms with Gasteiger partial charge in [0.1, 0.15) is 0 Å². The van der Waals surface area contributed by atoms with Crippen LogP contribution in [0.3, 0.4) is 0 Å². The Kier molecular flexibility index (Phi) is 7.74. The zero-order valence-electron chi connectivity index (χ0n) is 11.3. The number of nitrogens with one attached hydrogen (secondary N) is 1. The van der Waals surface area contributed by atoms with Crippen molar-refractivity contribution in [1.29, 1.82) is 0 Å². The van der Waals surface area contributed by atoms with Gasteiger partial charge in [0.15, 0.2) is 0 Å². The van der Waals surface area contributed by atoms with Crippen LogP contribution in [-0.2, 0) is 21.2 Å². The number of aryl methyl sites for hydroxylation is 1. The average Bonchev–Trinajstić information content (AvgIpc) is 2.35. The summed E-state index contributed by atoms with van der Waals surface area (Å²) in [6.45, 7) is 2.27. The van der Waals surface area contributed by atoms with Crippen LogP contribution in [0.4, 0.5) is 5.69 Å². The van der Waals surface area contributed by atoms with Crippen LogP contribution in [0.5, 0.6) is 0 Å². The fourth-order valence-electron chi connectivity index (χ4n) is 1.68. The van der Waals surface area contributed by atoms with Gasteiger partial charge in [-0.15, -0.1) is 12.4 Å². The van der Waals surface area contributed by atoms with Crippen LogP contribution in [0, 0.1) is 0 Å². The van der Waals surface area contributed by atoms with E-state index in [0.29, 0.717) is 37.1 Å². The summed E-state index contributed by atoms with van der Waals surface area (Å²) in [5.41, 5.74) is 6.36. The first-order valence-electron chi connectivity index (χ1n) is 6.04. The van der Waals surface area contributed by atoms with E-state index in [1.165, 1.54) is 6.07 Å². The van der Waals surface area contributed by atoms with E-state index in [-0.39, 0.29) is 23.2 Å². The number of sulfonamides is 1. The lowest BCUT2D eigenvalue weighted by atomic mass is 10.1. The molecule has 0 unspecified atom stereocenters. The Labute approximate surface area is 125 Å². The molecule has 6 nitrogen and oxygen atoms in total. The Morgan fingerprint density at radius 3 is 2.50 bits per heavy atom. The lowest BCUT2D eigenvalue weighted by Gasteiger charge is -2.10. The molecular formula is C12H20ClN3O3S. The second kappa shape index (κ2) is 8.21. The minimum Gasteiger partial charge on any atom is -0.330 e. The highest BCUT2D eigenvalue weighted by atomic mass is 35.5. The van der Waals surface area contributed by atoms with Crippen LogP contribution in [0.2, 0.25) is 0 Å². The zero-order chi connectivity index (χ0) is 14.5. The fraction of sp³-hybridized carbons (Fsp3) is 0.417. The second-order valence-corrected chi connectivity index (χ2v) is 5.69. The molecule has 0 saturated heterocycles. The normalized spacial score (nSPS) is 10.8. The number of anilines is 1. The van der Waals surface area contributed by atoms with Gasteiger partial charge < -0.3 is 11.1 Å². The smallest absolute Gasteiger partial charge is 0.238 e. The van der Waals surface area contributed by atoms with Crippen molar-refractivity contribution >= 4 is 34.0 Å². The molecule has 1 amide bonds. The molecule has 0 aliphatic heterocycles. The van der Waals surface area contributed by atoms with E-state index in [4.69, 9.17) is 10.9 Å². The fourth-order valence-corrected chi connectivity index (χ4v) is 2.54. The van der Waals surface area contributed by atoms with Gasteiger partial charge in [-0.05, 0) is 37.1 Å². The van der Waals surface area contributed by atoms with Crippen molar-refractivity contribution in [2.45, 2.75) is 31.1 Å². The predicted octanol–water partition coefficient (Wildman–Crippen LogP) is 0.996. The zero-order valence-corrected chi connectivity index (χ0v) is 12.9. The molecule has 0 spiro atoms. The van der Waals surface area contributed by atoms with Gasteiger partial charge >= 0.3 is 0 Å². The number of primary sulfonamides is 1. The lowest BCUT2D eigenvalue weighted by molar-refractivity contribution is -0.116. The second-order valence-electron chi connectivity index (χ2n) is 4.16. The Hall–Kier alpha value is -1.15. The first kappa shape index (κ1) is 18.9. The molecule has 0 aromatic heterocycles. The number of nitrogens with two attached hydrogens (primary N) is 2. The summed E-state index contributed by atoms with van der Waals surface area (Å²) in [6.07, 6.45) is 1.44. The molecule has 0 radical (unpaired) electrons. The first-order chi connectivity index (χ1) is 8.88. The molecule has 20 heavy (non-hydrogen) atoms. The molecule has 0 saturated carbocycles. The summed E-state index contributed by atoms with van der Waals surface area (Å²) in [6, 6.07) is 4.70. The number of halogens is 1. The molecule has 8 heteroatoms. The van der Waals surface area contributed by atoms with Gasteiger partial charge in [0.05, 0.1) is 4.90 Å². The third-order valence-electron chi connectivity index (χ3n) is 2.65. The standard InChI is InChI=1S/C12H19N3O3S.ClH/c1-2-9-5-6-10(8-11(9)19(14,17)18)15-12(16)4-3-7-13;/h5-6,8H,2-4,7,13H2,1H3,(H,15,16)(H2,14,17,18);1H. The number of carbonyl (C=O) groups is 1. The van der Waals surface area contributed by atoms with Crippen LogP contribution >= 0.6 is 12.4 Å². The molecule has 0 aliphatic carbocycles. The molecule has 0 heterocycles. The molecule has 1 aromatic carbocycles. The minimum atomic E-state index is -3.79. The van der Waals surface area contributed by atoms with Gasteiger partial charge in [-0.3, -0.25) is 4.79 Å². The predicted molar refractivity (Wildman–Crippen MR) is 81.4 cm³/mol. The summed E-state index contributed by atoms with van der Waals surface area (Å²) >= 11 is 0. The summed E-state index contributed by atoms with van der Waals surface area (Å²) in [4.78, 5) is 11.6. The molecule has 1 aromatic rings. The van der Waals surface area contributed by atoms with Crippen LogP contribution in [-0.4, -0.2) is 20.9 Å². The highest BCUT2D eigenvalue weighted by molar-refractivity contribution is 7.89. The van der Waals surface area contributed by atoms with Crippen molar-refractivity contribution in [2.75, 3.05) is 11.9 Å². The summed E-state index contributed by atoms with van der Waals surface area (Å²) in [5.74, 6) is -0.199. The third-order valence-corrected chi connectivity index (χ3v) is 3.64. The van der Waals surface area contributed by atoms with Gasteiger partial charge in [0.25, 0.3) is 0 Å². The number of amides is 1.